The Kier molecular flexibility index (Phi) is 65.4. The molecule has 11 nitrogen and oxygen atoms in total. The lowest BCUT2D eigenvalue weighted by molar-refractivity contribution is -0.305. The van der Waals surface area contributed by atoms with Crippen molar-refractivity contribution in [3.05, 3.63) is 72.9 Å². The van der Waals surface area contributed by atoms with Gasteiger partial charge < -0.3 is 45.1 Å². The summed E-state index contributed by atoms with van der Waals surface area (Å²) in [5.74, 6) is -1.18. The fourth-order valence-corrected chi connectivity index (χ4v) is 12.3. The molecule has 1 rings (SSSR count). The average molecular weight is 1310 g/mol. The van der Waals surface area contributed by atoms with Crippen molar-refractivity contribution in [2.45, 2.75) is 423 Å². The monoisotopic (exact) mass is 1310 g/mol. The summed E-state index contributed by atoms with van der Waals surface area (Å²) in [5, 5.41) is 57.5. The van der Waals surface area contributed by atoms with Crippen LogP contribution in [0.2, 0.25) is 0 Å². The highest BCUT2D eigenvalue weighted by Gasteiger charge is 2.47. The lowest BCUT2D eigenvalue weighted by Gasteiger charge is -2.41. The van der Waals surface area contributed by atoms with E-state index in [0.29, 0.717) is 19.3 Å². The van der Waals surface area contributed by atoms with Crippen LogP contribution in [0.15, 0.2) is 72.9 Å². The van der Waals surface area contributed by atoms with Crippen molar-refractivity contribution in [3.63, 3.8) is 0 Å². The maximum Gasteiger partial charge on any atom is 0.306 e. The van der Waals surface area contributed by atoms with E-state index in [0.717, 1.165) is 77.0 Å². The van der Waals surface area contributed by atoms with E-state index in [1.54, 1.807) is 6.08 Å². The predicted molar refractivity (Wildman–Crippen MR) is 393 cm³/mol. The number of hydrogen-bond donors (Lipinski definition) is 6. The second kappa shape index (κ2) is 69.0. The molecule has 8 unspecified atom stereocenters. The number of carbonyl (C=O) groups is 2. The minimum absolute atomic E-state index is 0.124. The Bertz CT molecular complexity index is 1800. The molecule has 11 heteroatoms. The SMILES string of the molecule is CCCCC/C=C\C/C=C\C/C=C\CCCCCCCCCCCCCCCC(O)C(=O)NC(COC1OC(CO)C(O)C(O)C1OC(=O)CCCCCCCCCCCCCCCCC/C=C\C/C=C\CCCCC)C(O)/C=C/CCCCCCCCCCCCC. The lowest BCUT2D eigenvalue weighted by Crippen LogP contribution is -2.61. The first kappa shape index (κ1) is 88.1. The van der Waals surface area contributed by atoms with E-state index in [2.05, 4.69) is 86.8 Å². The van der Waals surface area contributed by atoms with E-state index in [1.165, 1.54) is 250 Å². The minimum atomic E-state index is -1.62. The van der Waals surface area contributed by atoms with Crippen LogP contribution in [0.25, 0.3) is 0 Å². The summed E-state index contributed by atoms with van der Waals surface area (Å²) >= 11 is 0. The number of rotatable bonds is 69. The number of amides is 1. The van der Waals surface area contributed by atoms with Crippen LogP contribution >= 0.6 is 0 Å². The molecule has 1 aliphatic heterocycles. The first-order valence-electron chi connectivity index (χ1n) is 39.7. The number of esters is 1. The maximum absolute atomic E-state index is 13.5. The van der Waals surface area contributed by atoms with Crippen LogP contribution in [0, 0.1) is 0 Å². The third-order valence-electron chi connectivity index (χ3n) is 18.6. The van der Waals surface area contributed by atoms with Gasteiger partial charge in [0.15, 0.2) is 12.4 Å². The van der Waals surface area contributed by atoms with E-state index in [4.69, 9.17) is 14.2 Å². The number of carbonyl (C=O) groups excluding carboxylic acids is 2. The Balaban J connectivity index is 2.51. The van der Waals surface area contributed by atoms with Gasteiger partial charge in [-0.05, 0) is 96.3 Å². The molecule has 0 aliphatic carbocycles. The quantitative estimate of drug-likeness (QED) is 0.0195. The molecule has 0 saturated carbocycles. The van der Waals surface area contributed by atoms with Gasteiger partial charge in [0, 0.05) is 6.42 Å². The summed E-state index contributed by atoms with van der Waals surface area (Å²) in [4.78, 5) is 26.8. The van der Waals surface area contributed by atoms with Crippen LogP contribution < -0.4 is 5.32 Å². The Morgan fingerprint density at radius 2 is 0.742 bits per heavy atom. The van der Waals surface area contributed by atoms with Gasteiger partial charge in [0.2, 0.25) is 5.91 Å². The lowest BCUT2D eigenvalue weighted by atomic mass is 9.99. The number of aliphatic hydroxyl groups is 5. The highest BCUT2D eigenvalue weighted by molar-refractivity contribution is 5.80. The molecular weight excluding hydrogens is 1160 g/mol. The van der Waals surface area contributed by atoms with Crippen LogP contribution in [0.3, 0.4) is 0 Å². The first-order valence-corrected chi connectivity index (χ1v) is 39.7. The van der Waals surface area contributed by atoms with Crippen molar-refractivity contribution in [2.24, 2.45) is 0 Å². The third kappa shape index (κ3) is 55.8. The summed E-state index contributed by atoms with van der Waals surface area (Å²) in [6.07, 6.45) is 80.9. The number of hydrogen-bond acceptors (Lipinski definition) is 10. The molecule has 1 aliphatic rings. The van der Waals surface area contributed by atoms with Gasteiger partial charge in [0.1, 0.15) is 24.4 Å². The van der Waals surface area contributed by atoms with Gasteiger partial charge in [-0.25, -0.2) is 0 Å². The van der Waals surface area contributed by atoms with Crippen molar-refractivity contribution in [3.8, 4) is 0 Å². The van der Waals surface area contributed by atoms with Crippen molar-refractivity contribution in [2.75, 3.05) is 13.2 Å². The normalized spacial score (nSPS) is 18.2. The van der Waals surface area contributed by atoms with Gasteiger partial charge in [-0.2, -0.15) is 0 Å². The molecule has 0 spiro atoms. The topological polar surface area (TPSA) is 175 Å². The molecule has 0 bridgehead atoms. The third-order valence-corrected chi connectivity index (χ3v) is 18.6. The summed E-state index contributed by atoms with van der Waals surface area (Å²) in [6.45, 7) is 5.80. The van der Waals surface area contributed by atoms with Crippen molar-refractivity contribution < 1.29 is 49.3 Å². The van der Waals surface area contributed by atoms with Crippen molar-refractivity contribution in [1.82, 2.24) is 5.32 Å². The minimum Gasteiger partial charge on any atom is -0.454 e. The van der Waals surface area contributed by atoms with E-state index in [-0.39, 0.29) is 13.0 Å². The van der Waals surface area contributed by atoms with E-state index in [1.807, 2.05) is 6.08 Å². The summed E-state index contributed by atoms with van der Waals surface area (Å²) < 4.78 is 17.8. The molecule has 0 radical (unpaired) electrons. The molecule has 1 saturated heterocycles. The molecular formula is C82H149NO10. The largest absolute Gasteiger partial charge is 0.454 e. The Labute approximate surface area is 572 Å². The van der Waals surface area contributed by atoms with E-state index < -0.39 is 67.4 Å². The van der Waals surface area contributed by atoms with Crippen molar-refractivity contribution in [1.29, 1.82) is 0 Å². The van der Waals surface area contributed by atoms with E-state index >= 15 is 0 Å². The number of allylic oxidation sites excluding steroid dienone is 11. The van der Waals surface area contributed by atoms with Crippen LogP contribution in [-0.4, -0.2) is 99.6 Å². The number of nitrogens with one attached hydrogen (secondary N) is 1. The summed E-state index contributed by atoms with van der Waals surface area (Å²) in [5.41, 5.74) is 0. The number of ether oxygens (including phenoxy) is 3. The second-order valence-corrected chi connectivity index (χ2v) is 27.4. The number of unbranched alkanes of at least 4 members (excludes halogenated alkanes) is 45. The van der Waals surface area contributed by atoms with Crippen LogP contribution in [0.5, 0.6) is 0 Å². The zero-order valence-corrected chi connectivity index (χ0v) is 60.6. The smallest absolute Gasteiger partial charge is 0.306 e. The summed E-state index contributed by atoms with van der Waals surface area (Å²) in [6, 6.07) is -1.03. The van der Waals surface area contributed by atoms with Gasteiger partial charge in [0.25, 0.3) is 0 Å². The molecule has 0 aromatic heterocycles. The van der Waals surface area contributed by atoms with Gasteiger partial charge in [0.05, 0.1) is 25.4 Å². The molecule has 1 amide bonds. The average Bonchev–Trinajstić information content (AvgIpc) is 0.910. The van der Waals surface area contributed by atoms with Crippen LogP contribution in [0.4, 0.5) is 0 Å². The Morgan fingerprint density at radius 3 is 1.13 bits per heavy atom. The standard InChI is InChI=1S/C82H149NO10/c1-4-7-10-13-16-19-22-25-27-29-31-33-35-37-39-40-42-44-46-48-51-54-57-60-63-66-69-75(86)81(90)83-73(74(85)68-65-62-59-56-53-50-24-21-18-15-12-9-6-3)72-91-82-80(79(89)78(88)76(71-84)92-82)93-77(87)70-67-64-61-58-55-52-49-47-45-43-41-38-36-34-32-30-28-26-23-20-17-14-11-8-5-2/h16-17,19-20,25-28,31,33,65,68,73-76,78-80,82,84-86,88-89H,4-15,18,21-24,29-30,32,34-64,66-67,69-72H2,1-3H3,(H,83,90)/b19-16-,20-17-,27-25-,28-26-,33-31-,68-65+. The Hall–Kier alpha value is -2.90. The van der Waals surface area contributed by atoms with Gasteiger partial charge in [-0.3, -0.25) is 9.59 Å². The molecule has 8 atom stereocenters. The molecule has 0 aromatic carbocycles. The zero-order chi connectivity index (χ0) is 67.4. The second-order valence-electron chi connectivity index (χ2n) is 27.4. The summed E-state index contributed by atoms with van der Waals surface area (Å²) in [7, 11) is 0. The molecule has 0 aromatic rings. The fourth-order valence-electron chi connectivity index (χ4n) is 12.3. The van der Waals surface area contributed by atoms with Crippen LogP contribution in [-0.2, 0) is 23.8 Å². The Morgan fingerprint density at radius 1 is 0.419 bits per heavy atom. The molecule has 6 N–H and O–H groups in total. The fraction of sp³-hybridized carbons (Fsp3) is 0.829. The van der Waals surface area contributed by atoms with Gasteiger partial charge in [-0.1, -0.05) is 344 Å². The van der Waals surface area contributed by atoms with Crippen LogP contribution in [0.1, 0.15) is 374 Å². The number of aliphatic hydroxyl groups excluding tert-OH is 5. The highest BCUT2D eigenvalue weighted by atomic mass is 16.7. The highest BCUT2D eigenvalue weighted by Crippen LogP contribution is 2.27. The van der Waals surface area contributed by atoms with E-state index in [9.17, 15) is 35.1 Å². The van der Waals surface area contributed by atoms with Gasteiger partial charge in [-0.15, -0.1) is 0 Å². The zero-order valence-electron chi connectivity index (χ0n) is 60.6. The maximum atomic E-state index is 13.5. The molecule has 1 fully saturated rings. The molecule has 542 valence electrons. The molecule has 1 heterocycles. The first-order chi connectivity index (χ1) is 45.7. The van der Waals surface area contributed by atoms with Gasteiger partial charge >= 0.3 is 5.97 Å². The predicted octanol–water partition coefficient (Wildman–Crippen LogP) is 21.4. The molecule has 93 heavy (non-hydrogen) atoms. The van der Waals surface area contributed by atoms with Crippen molar-refractivity contribution >= 4 is 11.9 Å².